The van der Waals surface area contributed by atoms with Gasteiger partial charge in [-0.05, 0) is 24.6 Å². The van der Waals surface area contributed by atoms with Crippen molar-refractivity contribution in [3.05, 3.63) is 52.8 Å². The highest BCUT2D eigenvalue weighted by molar-refractivity contribution is 6.09. The molecule has 0 saturated heterocycles. The number of aromatic nitrogens is 1. The molecule has 0 aliphatic heterocycles. The highest BCUT2D eigenvalue weighted by atomic mass is 16.3. The summed E-state index contributed by atoms with van der Waals surface area (Å²) >= 11 is 0. The Kier molecular flexibility index (Phi) is 5.03. The number of nitrogens with one attached hydrogen (secondary N) is 1. The lowest BCUT2D eigenvalue weighted by Crippen LogP contribution is -2.33. The molecule has 0 radical (unpaired) electrons. The molecule has 0 bridgehead atoms. The van der Waals surface area contributed by atoms with Crippen LogP contribution in [-0.4, -0.2) is 15.7 Å². The highest BCUT2D eigenvalue weighted by Crippen LogP contribution is 2.29. The van der Waals surface area contributed by atoms with Crippen molar-refractivity contribution in [1.29, 1.82) is 0 Å². The summed E-state index contributed by atoms with van der Waals surface area (Å²) in [6.07, 6.45) is 4.37. The Balaban J connectivity index is 2.05. The molecule has 0 spiro atoms. The Hall–Kier alpha value is -2.82. The number of aromatic hydroxyl groups is 1. The molecule has 2 N–H and O–H groups in total. The summed E-state index contributed by atoms with van der Waals surface area (Å²) in [4.78, 5) is 25.1. The maximum Gasteiger partial charge on any atom is 0.277 e. The number of fused-ring (bicyclic) bond motifs is 3. The van der Waals surface area contributed by atoms with Crippen LogP contribution in [0.2, 0.25) is 0 Å². The molecule has 5 nitrogen and oxygen atoms in total. The fourth-order valence-corrected chi connectivity index (χ4v) is 3.11. The summed E-state index contributed by atoms with van der Waals surface area (Å²) in [5.41, 5.74) is 2.90. The maximum atomic E-state index is 12.8. The van der Waals surface area contributed by atoms with E-state index < -0.39 is 0 Å². The smallest absolute Gasteiger partial charge is 0.277 e. The van der Waals surface area contributed by atoms with Crippen molar-refractivity contribution in [1.82, 2.24) is 4.68 Å². The van der Waals surface area contributed by atoms with Gasteiger partial charge >= 0.3 is 0 Å². The number of hydrogen-bond acceptors (Lipinski definition) is 3. The number of hydrogen-bond donors (Lipinski definition) is 2. The number of phenols is 1. The molecule has 130 valence electrons. The fourth-order valence-electron chi connectivity index (χ4n) is 3.11. The summed E-state index contributed by atoms with van der Waals surface area (Å²) < 4.78 is 1.25. The minimum absolute atomic E-state index is 0.0830. The Morgan fingerprint density at radius 1 is 1.04 bits per heavy atom. The maximum absolute atomic E-state index is 12.8. The molecule has 0 atom stereocenters. The predicted molar refractivity (Wildman–Crippen MR) is 101 cm³/mol. The molecule has 0 fully saturated rings. The second-order valence-corrected chi connectivity index (χ2v) is 6.20. The third-order valence-corrected chi connectivity index (χ3v) is 4.39. The first-order valence-corrected chi connectivity index (χ1v) is 8.68. The minimum Gasteiger partial charge on any atom is -0.507 e. The predicted octanol–water partition coefficient (Wildman–Crippen LogP) is 3.90. The zero-order valence-electron chi connectivity index (χ0n) is 14.3. The summed E-state index contributed by atoms with van der Waals surface area (Å²) in [5.74, 6) is -0.113. The molecule has 1 aromatic heterocycles. The molecular weight excluding hydrogens is 316 g/mol. The first kappa shape index (κ1) is 17.0. The van der Waals surface area contributed by atoms with Crippen LogP contribution < -0.4 is 11.0 Å². The molecule has 0 saturated carbocycles. The average Bonchev–Trinajstić information content (AvgIpc) is 2.62. The number of phenolic OH excluding ortho intramolecular Hbond substituents is 1. The molecule has 3 aromatic rings. The van der Waals surface area contributed by atoms with E-state index in [4.69, 9.17) is 0 Å². The lowest BCUT2D eigenvalue weighted by molar-refractivity contribution is -0.117. The SMILES string of the molecule is CCCCCCC(=O)Nn1c(=O)c2ccccc2c2c(O)cccc21. The molecule has 25 heavy (non-hydrogen) atoms. The van der Waals surface area contributed by atoms with Crippen molar-refractivity contribution >= 4 is 27.6 Å². The molecule has 5 heteroatoms. The number of unbranched alkanes of at least 4 members (excludes halogenated alkanes) is 3. The summed E-state index contributed by atoms with van der Waals surface area (Å²) in [6.45, 7) is 2.12. The highest BCUT2D eigenvalue weighted by Gasteiger charge is 2.14. The van der Waals surface area contributed by atoms with Gasteiger partial charge in [-0.25, -0.2) is 4.68 Å². The standard InChI is InChI=1S/C20H22N2O3/c1-2-3-4-5-13-18(24)21-22-16-11-8-12-17(23)19(16)14-9-6-7-10-15(14)20(22)25/h6-12,23H,2-5,13H2,1H3,(H,21,24). The Morgan fingerprint density at radius 3 is 2.56 bits per heavy atom. The number of nitrogens with zero attached hydrogens (tertiary/aromatic N) is 1. The van der Waals surface area contributed by atoms with E-state index >= 15 is 0 Å². The second kappa shape index (κ2) is 7.38. The number of carbonyl (C=O) groups excluding carboxylic acids is 1. The molecule has 0 aliphatic carbocycles. The van der Waals surface area contributed by atoms with Crippen LogP contribution in [0.4, 0.5) is 0 Å². The van der Waals surface area contributed by atoms with E-state index in [2.05, 4.69) is 12.3 Å². The van der Waals surface area contributed by atoms with Crippen LogP contribution in [0, 0.1) is 0 Å². The van der Waals surface area contributed by atoms with E-state index in [1.165, 1.54) is 4.68 Å². The van der Waals surface area contributed by atoms with Gasteiger partial charge in [-0.3, -0.25) is 15.0 Å². The number of pyridine rings is 1. The number of amides is 1. The summed E-state index contributed by atoms with van der Waals surface area (Å²) in [6, 6.07) is 12.1. The number of benzene rings is 2. The topological polar surface area (TPSA) is 71.3 Å². The van der Waals surface area contributed by atoms with Crippen molar-refractivity contribution < 1.29 is 9.90 Å². The largest absolute Gasteiger partial charge is 0.507 e. The van der Waals surface area contributed by atoms with Crippen LogP contribution in [0.15, 0.2) is 47.3 Å². The first-order chi connectivity index (χ1) is 12.1. The Labute approximate surface area is 145 Å². The van der Waals surface area contributed by atoms with E-state index in [0.717, 1.165) is 25.7 Å². The van der Waals surface area contributed by atoms with Crippen molar-refractivity contribution in [2.24, 2.45) is 0 Å². The van der Waals surface area contributed by atoms with Gasteiger partial charge in [-0.2, -0.15) is 0 Å². The Bertz CT molecular complexity index is 976. The molecule has 0 unspecified atom stereocenters. The third-order valence-electron chi connectivity index (χ3n) is 4.39. The van der Waals surface area contributed by atoms with Crippen LogP contribution in [0.1, 0.15) is 39.0 Å². The van der Waals surface area contributed by atoms with Crippen LogP contribution >= 0.6 is 0 Å². The van der Waals surface area contributed by atoms with Crippen LogP contribution in [-0.2, 0) is 4.79 Å². The molecule has 0 aliphatic rings. The van der Waals surface area contributed by atoms with Gasteiger partial charge in [0.2, 0.25) is 5.91 Å². The molecular formula is C20H22N2O3. The van der Waals surface area contributed by atoms with Gasteiger partial charge in [-0.1, -0.05) is 50.5 Å². The van der Waals surface area contributed by atoms with Crippen LogP contribution in [0.3, 0.4) is 0 Å². The zero-order valence-corrected chi connectivity index (χ0v) is 14.3. The zero-order chi connectivity index (χ0) is 17.8. The Morgan fingerprint density at radius 2 is 1.80 bits per heavy atom. The quantitative estimate of drug-likeness (QED) is 0.529. The van der Waals surface area contributed by atoms with Gasteiger partial charge in [0.1, 0.15) is 5.75 Å². The van der Waals surface area contributed by atoms with Gasteiger partial charge in [0.25, 0.3) is 5.56 Å². The second-order valence-electron chi connectivity index (χ2n) is 6.20. The normalized spacial score (nSPS) is 11.1. The monoisotopic (exact) mass is 338 g/mol. The van der Waals surface area contributed by atoms with E-state index in [9.17, 15) is 14.7 Å². The van der Waals surface area contributed by atoms with E-state index in [1.54, 1.807) is 36.4 Å². The lowest BCUT2D eigenvalue weighted by atomic mass is 10.1. The summed E-state index contributed by atoms with van der Waals surface area (Å²) in [5, 5.41) is 12.0. The van der Waals surface area contributed by atoms with Crippen LogP contribution in [0.25, 0.3) is 21.7 Å². The van der Waals surface area contributed by atoms with Gasteiger partial charge in [0.15, 0.2) is 0 Å². The van der Waals surface area contributed by atoms with E-state index in [0.29, 0.717) is 28.1 Å². The third kappa shape index (κ3) is 3.36. The van der Waals surface area contributed by atoms with Crippen molar-refractivity contribution in [3.8, 4) is 5.75 Å². The first-order valence-electron chi connectivity index (χ1n) is 8.68. The van der Waals surface area contributed by atoms with Crippen molar-refractivity contribution in [3.63, 3.8) is 0 Å². The molecule has 2 aromatic carbocycles. The van der Waals surface area contributed by atoms with Gasteiger partial charge in [-0.15, -0.1) is 0 Å². The summed E-state index contributed by atoms with van der Waals surface area (Å²) in [7, 11) is 0. The fraction of sp³-hybridized carbons (Fsp3) is 0.300. The van der Waals surface area contributed by atoms with Gasteiger partial charge < -0.3 is 5.11 Å². The number of rotatable bonds is 6. The van der Waals surface area contributed by atoms with Gasteiger partial charge in [0.05, 0.1) is 10.9 Å². The van der Waals surface area contributed by atoms with Crippen molar-refractivity contribution in [2.75, 3.05) is 5.43 Å². The van der Waals surface area contributed by atoms with Crippen molar-refractivity contribution in [2.45, 2.75) is 39.0 Å². The molecule has 1 amide bonds. The van der Waals surface area contributed by atoms with E-state index in [-0.39, 0.29) is 17.2 Å². The van der Waals surface area contributed by atoms with E-state index in [1.807, 2.05) is 6.07 Å². The minimum atomic E-state index is -0.296. The molecule has 1 heterocycles. The van der Waals surface area contributed by atoms with Gasteiger partial charge in [0, 0.05) is 17.2 Å². The number of carbonyl (C=O) groups is 1. The van der Waals surface area contributed by atoms with Crippen LogP contribution in [0.5, 0.6) is 5.75 Å². The lowest BCUT2D eigenvalue weighted by Gasteiger charge is -2.14. The average molecular weight is 338 g/mol. The molecule has 3 rings (SSSR count).